The summed E-state index contributed by atoms with van der Waals surface area (Å²) in [4.78, 5) is 12.9. The van der Waals surface area contributed by atoms with E-state index in [9.17, 15) is 4.79 Å². The lowest BCUT2D eigenvalue weighted by molar-refractivity contribution is -0.163. The molecular formula is C23H32O4. The first kappa shape index (κ1) is 19.9. The number of esters is 1. The SMILES string of the molecule is COc1ccc(C(=O)OC2/C=C(\C)CCCC3(C)CCC2(C(C)C)O3)cc1. The number of carbonyl (C=O) groups excluding carboxylic acids is 1. The van der Waals surface area contributed by atoms with Gasteiger partial charge in [0.05, 0.1) is 18.3 Å². The van der Waals surface area contributed by atoms with E-state index in [2.05, 4.69) is 33.8 Å². The Bertz CT molecular complexity index is 706. The van der Waals surface area contributed by atoms with E-state index in [0.717, 1.165) is 37.9 Å². The number of carbonyl (C=O) groups is 1. The Morgan fingerprint density at radius 3 is 2.52 bits per heavy atom. The molecule has 0 aliphatic carbocycles. The predicted octanol–water partition coefficient (Wildman–Crippen LogP) is 5.31. The number of hydrogen-bond donors (Lipinski definition) is 0. The van der Waals surface area contributed by atoms with Gasteiger partial charge in [-0.15, -0.1) is 0 Å². The van der Waals surface area contributed by atoms with Crippen LogP contribution in [0.2, 0.25) is 0 Å². The first-order chi connectivity index (χ1) is 12.8. The van der Waals surface area contributed by atoms with E-state index in [1.165, 1.54) is 5.57 Å². The van der Waals surface area contributed by atoms with Crippen molar-refractivity contribution < 1.29 is 19.0 Å². The minimum Gasteiger partial charge on any atom is -0.497 e. The van der Waals surface area contributed by atoms with Crippen LogP contribution in [-0.4, -0.2) is 30.4 Å². The molecule has 4 heteroatoms. The van der Waals surface area contributed by atoms with Gasteiger partial charge in [-0.2, -0.15) is 0 Å². The number of ether oxygens (including phenoxy) is 3. The summed E-state index contributed by atoms with van der Waals surface area (Å²) in [5.74, 6) is 0.650. The highest BCUT2D eigenvalue weighted by molar-refractivity contribution is 5.89. The van der Waals surface area contributed by atoms with Crippen molar-refractivity contribution in [2.24, 2.45) is 5.92 Å². The third-order valence-corrected chi connectivity index (χ3v) is 6.21. The van der Waals surface area contributed by atoms with Gasteiger partial charge in [-0.1, -0.05) is 19.4 Å². The second-order valence-corrected chi connectivity index (χ2v) is 8.58. The normalized spacial score (nSPS) is 32.8. The van der Waals surface area contributed by atoms with E-state index in [1.807, 2.05) is 0 Å². The number of rotatable bonds is 4. The third-order valence-electron chi connectivity index (χ3n) is 6.21. The van der Waals surface area contributed by atoms with Crippen molar-refractivity contribution in [3.05, 3.63) is 41.5 Å². The monoisotopic (exact) mass is 372 g/mol. The Morgan fingerprint density at radius 1 is 1.19 bits per heavy atom. The van der Waals surface area contributed by atoms with Crippen molar-refractivity contribution in [1.29, 1.82) is 0 Å². The lowest BCUT2D eigenvalue weighted by Crippen LogP contribution is -2.49. The second-order valence-electron chi connectivity index (χ2n) is 8.58. The van der Waals surface area contributed by atoms with Gasteiger partial charge in [0.2, 0.25) is 0 Å². The average Bonchev–Trinajstić information content (AvgIpc) is 3.01. The van der Waals surface area contributed by atoms with E-state index in [1.54, 1.807) is 31.4 Å². The Labute approximate surface area is 162 Å². The number of methoxy groups -OCH3 is 1. The molecule has 3 rings (SSSR count). The molecule has 3 unspecified atom stereocenters. The maximum Gasteiger partial charge on any atom is 0.338 e. The summed E-state index contributed by atoms with van der Waals surface area (Å²) in [6.07, 6.45) is 6.83. The molecule has 148 valence electrons. The second kappa shape index (κ2) is 7.67. The summed E-state index contributed by atoms with van der Waals surface area (Å²) in [5.41, 5.74) is 1.19. The summed E-state index contributed by atoms with van der Waals surface area (Å²) in [6.45, 7) is 8.67. The number of fused-ring (bicyclic) bond motifs is 2. The van der Waals surface area contributed by atoms with Gasteiger partial charge in [0.25, 0.3) is 0 Å². The molecule has 0 saturated carbocycles. The molecule has 0 amide bonds. The summed E-state index contributed by atoms with van der Waals surface area (Å²) in [6, 6.07) is 7.05. The molecule has 3 atom stereocenters. The van der Waals surface area contributed by atoms with E-state index in [4.69, 9.17) is 14.2 Å². The van der Waals surface area contributed by atoms with E-state index in [-0.39, 0.29) is 23.6 Å². The van der Waals surface area contributed by atoms with Gasteiger partial charge in [0.15, 0.2) is 0 Å². The molecule has 4 nitrogen and oxygen atoms in total. The maximum atomic E-state index is 12.9. The van der Waals surface area contributed by atoms with E-state index in [0.29, 0.717) is 5.56 Å². The Morgan fingerprint density at radius 2 is 1.89 bits per heavy atom. The van der Waals surface area contributed by atoms with Crippen LogP contribution in [0, 0.1) is 5.92 Å². The molecule has 0 spiro atoms. The highest BCUT2D eigenvalue weighted by Crippen LogP contribution is 2.48. The molecule has 2 bridgehead atoms. The third kappa shape index (κ3) is 4.06. The van der Waals surface area contributed by atoms with Gasteiger partial charge < -0.3 is 14.2 Å². The zero-order valence-electron chi connectivity index (χ0n) is 17.2. The smallest absolute Gasteiger partial charge is 0.338 e. The molecule has 1 saturated heterocycles. The standard InChI is InChI=1S/C23H32O4/c1-16(2)23-14-13-22(4,27-23)12-6-7-17(3)15-20(23)26-21(24)18-8-10-19(25-5)11-9-18/h8-11,15-16,20H,6-7,12-14H2,1-5H3/b17-15+. The predicted molar refractivity (Wildman–Crippen MR) is 106 cm³/mol. The van der Waals surface area contributed by atoms with Crippen molar-refractivity contribution >= 4 is 5.97 Å². The number of benzene rings is 1. The minimum atomic E-state index is -0.470. The van der Waals surface area contributed by atoms with Crippen LogP contribution < -0.4 is 4.74 Å². The van der Waals surface area contributed by atoms with Gasteiger partial charge in [0, 0.05) is 0 Å². The van der Waals surface area contributed by atoms with Crippen LogP contribution in [0.25, 0.3) is 0 Å². The molecule has 2 aliphatic heterocycles. The molecule has 1 aromatic carbocycles. The van der Waals surface area contributed by atoms with Crippen LogP contribution in [-0.2, 0) is 9.47 Å². The van der Waals surface area contributed by atoms with Crippen LogP contribution in [0.15, 0.2) is 35.9 Å². The molecule has 1 aromatic rings. The first-order valence-corrected chi connectivity index (χ1v) is 10.0. The van der Waals surface area contributed by atoms with Gasteiger partial charge in [-0.25, -0.2) is 4.79 Å². The Balaban J connectivity index is 1.91. The molecule has 2 heterocycles. The fourth-order valence-electron chi connectivity index (χ4n) is 4.40. The quantitative estimate of drug-likeness (QED) is 0.530. The average molecular weight is 373 g/mol. The van der Waals surface area contributed by atoms with Gasteiger partial charge in [0.1, 0.15) is 17.5 Å². The van der Waals surface area contributed by atoms with Crippen LogP contribution >= 0.6 is 0 Å². The van der Waals surface area contributed by atoms with Crippen molar-refractivity contribution in [1.82, 2.24) is 0 Å². The van der Waals surface area contributed by atoms with Crippen molar-refractivity contribution in [2.45, 2.75) is 77.1 Å². The number of hydrogen-bond acceptors (Lipinski definition) is 4. The lowest BCUT2D eigenvalue weighted by Gasteiger charge is -2.40. The van der Waals surface area contributed by atoms with E-state index >= 15 is 0 Å². The van der Waals surface area contributed by atoms with Gasteiger partial charge in [-0.05, 0) is 82.2 Å². The van der Waals surface area contributed by atoms with Gasteiger partial charge in [-0.3, -0.25) is 0 Å². The zero-order chi connectivity index (χ0) is 19.7. The molecule has 0 N–H and O–H groups in total. The molecule has 2 aliphatic rings. The lowest BCUT2D eigenvalue weighted by atomic mass is 9.80. The maximum absolute atomic E-state index is 12.9. The Hall–Kier alpha value is -1.81. The Kier molecular flexibility index (Phi) is 5.66. The van der Waals surface area contributed by atoms with E-state index < -0.39 is 5.60 Å². The molecule has 1 fully saturated rings. The molecule has 0 radical (unpaired) electrons. The summed E-state index contributed by atoms with van der Waals surface area (Å²) in [7, 11) is 1.61. The fraction of sp³-hybridized carbons (Fsp3) is 0.609. The van der Waals surface area contributed by atoms with Crippen LogP contribution in [0.1, 0.15) is 70.2 Å². The molecular weight excluding hydrogens is 340 g/mol. The largest absolute Gasteiger partial charge is 0.497 e. The van der Waals surface area contributed by atoms with Crippen molar-refractivity contribution in [3.63, 3.8) is 0 Å². The highest BCUT2D eigenvalue weighted by atomic mass is 16.6. The summed E-state index contributed by atoms with van der Waals surface area (Å²) >= 11 is 0. The molecule has 0 aromatic heterocycles. The fourth-order valence-corrected chi connectivity index (χ4v) is 4.40. The number of allylic oxidation sites excluding steroid dienone is 1. The highest BCUT2D eigenvalue weighted by Gasteiger charge is 2.54. The van der Waals surface area contributed by atoms with Crippen molar-refractivity contribution in [3.8, 4) is 5.75 Å². The minimum absolute atomic E-state index is 0.131. The van der Waals surface area contributed by atoms with Gasteiger partial charge >= 0.3 is 5.97 Å². The zero-order valence-corrected chi connectivity index (χ0v) is 17.2. The topological polar surface area (TPSA) is 44.8 Å². The first-order valence-electron chi connectivity index (χ1n) is 10.0. The van der Waals surface area contributed by atoms with Crippen LogP contribution in [0.5, 0.6) is 5.75 Å². The molecule has 27 heavy (non-hydrogen) atoms. The van der Waals surface area contributed by atoms with Crippen molar-refractivity contribution in [2.75, 3.05) is 7.11 Å². The van der Waals surface area contributed by atoms with Crippen LogP contribution in [0.4, 0.5) is 0 Å². The summed E-state index contributed by atoms with van der Waals surface area (Å²) < 4.78 is 18.0. The van der Waals surface area contributed by atoms with Crippen LogP contribution in [0.3, 0.4) is 0 Å². The summed E-state index contributed by atoms with van der Waals surface area (Å²) in [5, 5.41) is 0.